The number of carbonyl (C=O) groups excluding carboxylic acids is 2. The monoisotopic (exact) mass is 425 g/mol. The van der Waals surface area contributed by atoms with E-state index in [-0.39, 0.29) is 30.7 Å². The number of ether oxygens (including phenoxy) is 2. The Bertz CT molecular complexity index is 1030. The van der Waals surface area contributed by atoms with Crippen LogP contribution in [-0.4, -0.2) is 53.5 Å². The molecule has 1 saturated heterocycles. The van der Waals surface area contributed by atoms with Crippen molar-refractivity contribution in [3.8, 4) is 11.5 Å². The molecule has 8 heteroatoms. The molecule has 2 N–H and O–H groups in total. The Morgan fingerprint density at radius 3 is 2.29 bits per heavy atom. The van der Waals surface area contributed by atoms with E-state index in [4.69, 9.17) is 14.6 Å². The largest absolute Gasteiger partial charge is 0.507 e. The van der Waals surface area contributed by atoms with Gasteiger partial charge in [-0.05, 0) is 24.1 Å². The number of likely N-dealkylation sites (tertiary alicyclic amines) is 1. The first kappa shape index (κ1) is 21.9. The smallest absolute Gasteiger partial charge is 0.303 e. The summed E-state index contributed by atoms with van der Waals surface area (Å²) in [5, 5.41) is 19.9. The lowest BCUT2D eigenvalue weighted by Crippen LogP contribution is -2.31. The number of Topliss-reactive ketones (excluding diaryl/α,β-unsaturated/α-hetero) is 1. The number of nitrogens with zero attached hydrogens (tertiary/aromatic N) is 1. The van der Waals surface area contributed by atoms with Crippen LogP contribution in [0.5, 0.6) is 11.5 Å². The minimum atomic E-state index is -0.997. The van der Waals surface area contributed by atoms with Crippen LogP contribution in [0.4, 0.5) is 0 Å². The predicted molar refractivity (Wildman–Crippen MR) is 112 cm³/mol. The number of aliphatic carboxylic acids is 1. The first-order chi connectivity index (χ1) is 14.9. The zero-order valence-electron chi connectivity index (χ0n) is 17.2. The number of methoxy groups -OCH3 is 2. The maximum atomic E-state index is 12.9. The van der Waals surface area contributed by atoms with Gasteiger partial charge in [0.15, 0.2) is 11.5 Å². The summed E-state index contributed by atoms with van der Waals surface area (Å²) < 4.78 is 10.6. The molecular formula is C23H23NO7. The summed E-state index contributed by atoms with van der Waals surface area (Å²) in [6.07, 6.45) is 0.0118. The lowest BCUT2D eigenvalue weighted by molar-refractivity contribution is -0.140. The van der Waals surface area contributed by atoms with E-state index in [1.54, 1.807) is 48.5 Å². The molecule has 1 amide bonds. The van der Waals surface area contributed by atoms with Crippen molar-refractivity contribution in [2.24, 2.45) is 0 Å². The van der Waals surface area contributed by atoms with Gasteiger partial charge < -0.3 is 24.6 Å². The normalized spacial score (nSPS) is 17.6. The molecule has 0 aromatic heterocycles. The number of carbonyl (C=O) groups is 3. The highest BCUT2D eigenvalue weighted by Gasteiger charge is 2.46. The van der Waals surface area contributed by atoms with E-state index in [9.17, 15) is 19.5 Å². The van der Waals surface area contributed by atoms with Gasteiger partial charge in [0.05, 0.1) is 25.8 Å². The molecule has 31 heavy (non-hydrogen) atoms. The number of carboxylic acid groups (broad SMARTS) is 1. The first-order valence-electron chi connectivity index (χ1n) is 9.66. The fraction of sp³-hybridized carbons (Fsp3) is 0.261. The van der Waals surface area contributed by atoms with E-state index in [2.05, 4.69) is 0 Å². The number of aliphatic hydroxyl groups is 1. The Kier molecular flexibility index (Phi) is 6.59. The number of rotatable bonds is 8. The van der Waals surface area contributed by atoms with Gasteiger partial charge in [-0.3, -0.25) is 14.4 Å². The van der Waals surface area contributed by atoms with Crippen LogP contribution in [0, 0.1) is 0 Å². The van der Waals surface area contributed by atoms with Crippen molar-refractivity contribution in [3.63, 3.8) is 0 Å². The fourth-order valence-corrected chi connectivity index (χ4v) is 3.63. The first-order valence-corrected chi connectivity index (χ1v) is 9.66. The maximum absolute atomic E-state index is 12.9. The molecule has 0 bridgehead atoms. The molecule has 2 aromatic carbocycles. The van der Waals surface area contributed by atoms with Gasteiger partial charge >= 0.3 is 5.97 Å². The standard InChI is InChI=1S/C23H23NO7/c1-30-16-11-10-15(13-17(16)31-2)20-19(21(27)14-7-4-3-5-8-14)22(28)23(29)24(20)12-6-9-18(25)26/h3-5,7-8,10-11,13,20,27H,6,9,12H2,1-2H3,(H,25,26)/b21-19-. The number of aliphatic hydroxyl groups excluding tert-OH is 1. The summed E-state index contributed by atoms with van der Waals surface area (Å²) in [5.41, 5.74) is 0.875. The lowest BCUT2D eigenvalue weighted by atomic mass is 9.95. The van der Waals surface area contributed by atoms with Gasteiger partial charge in [0.2, 0.25) is 0 Å². The third-order valence-electron chi connectivity index (χ3n) is 5.10. The molecule has 1 heterocycles. The predicted octanol–water partition coefficient (Wildman–Crippen LogP) is 2.99. The average molecular weight is 425 g/mol. The van der Waals surface area contributed by atoms with Gasteiger partial charge in [0.1, 0.15) is 5.76 Å². The van der Waals surface area contributed by atoms with Gasteiger partial charge in [-0.25, -0.2) is 0 Å². The van der Waals surface area contributed by atoms with E-state index in [1.165, 1.54) is 19.1 Å². The van der Waals surface area contributed by atoms with Crippen molar-refractivity contribution in [1.82, 2.24) is 4.90 Å². The van der Waals surface area contributed by atoms with Crippen LogP contribution in [0.25, 0.3) is 5.76 Å². The maximum Gasteiger partial charge on any atom is 0.303 e. The van der Waals surface area contributed by atoms with E-state index in [0.29, 0.717) is 22.6 Å². The molecule has 0 radical (unpaired) electrons. The van der Waals surface area contributed by atoms with Crippen molar-refractivity contribution < 1.29 is 34.1 Å². The minimum absolute atomic E-state index is 0.0431. The number of hydrogen-bond acceptors (Lipinski definition) is 6. The molecular weight excluding hydrogens is 402 g/mol. The molecule has 3 rings (SSSR count). The number of amides is 1. The van der Waals surface area contributed by atoms with E-state index >= 15 is 0 Å². The molecule has 1 fully saturated rings. The van der Waals surface area contributed by atoms with Crippen LogP contribution >= 0.6 is 0 Å². The van der Waals surface area contributed by atoms with Gasteiger partial charge in [-0.1, -0.05) is 36.4 Å². The van der Waals surface area contributed by atoms with Crippen molar-refractivity contribution in [2.75, 3.05) is 20.8 Å². The highest BCUT2D eigenvalue weighted by atomic mass is 16.5. The van der Waals surface area contributed by atoms with Crippen LogP contribution < -0.4 is 9.47 Å². The SMILES string of the molecule is COc1ccc(C2/C(=C(/O)c3ccccc3)C(=O)C(=O)N2CCCC(=O)O)cc1OC. The second-order valence-corrected chi connectivity index (χ2v) is 6.97. The molecule has 1 aliphatic heterocycles. The van der Waals surface area contributed by atoms with Crippen LogP contribution in [0.1, 0.15) is 30.0 Å². The molecule has 8 nitrogen and oxygen atoms in total. The molecule has 162 valence electrons. The summed E-state index contributed by atoms with van der Waals surface area (Å²) in [6.45, 7) is 0.0431. The molecule has 0 spiro atoms. The van der Waals surface area contributed by atoms with Gasteiger partial charge in [-0.15, -0.1) is 0 Å². The number of ketones is 1. The Balaban J connectivity index is 2.14. The molecule has 1 unspecified atom stereocenters. The topological polar surface area (TPSA) is 113 Å². The lowest BCUT2D eigenvalue weighted by Gasteiger charge is -2.25. The minimum Gasteiger partial charge on any atom is -0.507 e. The van der Waals surface area contributed by atoms with E-state index in [1.807, 2.05) is 0 Å². The number of benzene rings is 2. The van der Waals surface area contributed by atoms with Gasteiger partial charge in [0.25, 0.3) is 11.7 Å². The Labute approximate surface area is 179 Å². The highest BCUT2D eigenvalue weighted by Crippen LogP contribution is 2.42. The molecule has 1 aliphatic rings. The zero-order valence-corrected chi connectivity index (χ0v) is 17.2. The fourth-order valence-electron chi connectivity index (χ4n) is 3.63. The summed E-state index contributed by atoms with van der Waals surface area (Å²) in [6, 6.07) is 12.5. The second-order valence-electron chi connectivity index (χ2n) is 6.97. The van der Waals surface area contributed by atoms with Crippen molar-refractivity contribution in [3.05, 3.63) is 65.2 Å². The highest BCUT2D eigenvalue weighted by molar-refractivity contribution is 6.46. The zero-order chi connectivity index (χ0) is 22.5. The Hall–Kier alpha value is -3.81. The summed E-state index contributed by atoms with van der Waals surface area (Å²) in [5.74, 6) is -2.03. The Morgan fingerprint density at radius 1 is 1.00 bits per heavy atom. The molecule has 1 atom stereocenters. The van der Waals surface area contributed by atoms with Gasteiger partial charge in [-0.2, -0.15) is 0 Å². The van der Waals surface area contributed by atoms with Crippen LogP contribution in [0.3, 0.4) is 0 Å². The number of hydrogen-bond donors (Lipinski definition) is 2. The summed E-state index contributed by atoms with van der Waals surface area (Å²) in [7, 11) is 2.96. The van der Waals surface area contributed by atoms with Crippen LogP contribution in [0.2, 0.25) is 0 Å². The molecule has 0 aliphatic carbocycles. The third kappa shape index (κ3) is 4.37. The van der Waals surface area contributed by atoms with Crippen molar-refractivity contribution in [2.45, 2.75) is 18.9 Å². The quantitative estimate of drug-likeness (QED) is 0.380. The summed E-state index contributed by atoms with van der Waals surface area (Å²) >= 11 is 0. The Morgan fingerprint density at radius 2 is 1.68 bits per heavy atom. The van der Waals surface area contributed by atoms with E-state index < -0.39 is 23.7 Å². The van der Waals surface area contributed by atoms with Crippen molar-refractivity contribution in [1.29, 1.82) is 0 Å². The molecule has 2 aromatic rings. The third-order valence-corrected chi connectivity index (χ3v) is 5.10. The van der Waals surface area contributed by atoms with Gasteiger partial charge in [0, 0.05) is 18.5 Å². The van der Waals surface area contributed by atoms with E-state index in [0.717, 1.165) is 0 Å². The van der Waals surface area contributed by atoms with Crippen LogP contribution in [-0.2, 0) is 14.4 Å². The average Bonchev–Trinajstić information content (AvgIpc) is 3.03. The molecule has 0 saturated carbocycles. The summed E-state index contributed by atoms with van der Waals surface area (Å²) in [4.78, 5) is 37.9. The number of carboxylic acids is 1. The van der Waals surface area contributed by atoms with Crippen LogP contribution in [0.15, 0.2) is 54.1 Å². The van der Waals surface area contributed by atoms with Crippen molar-refractivity contribution >= 4 is 23.4 Å². The second kappa shape index (κ2) is 9.34.